The molecule has 1 heterocycles. The van der Waals surface area contributed by atoms with Crippen LogP contribution in [0.15, 0.2) is 48.7 Å². The second-order valence-electron chi connectivity index (χ2n) is 7.31. The molecule has 172 valence electrons. The van der Waals surface area contributed by atoms with E-state index < -0.39 is 27.7 Å². The van der Waals surface area contributed by atoms with E-state index in [9.17, 15) is 23.1 Å². The maximum Gasteiger partial charge on any atom is 0.446 e. The summed E-state index contributed by atoms with van der Waals surface area (Å²) in [6.07, 6.45) is 2.09. The summed E-state index contributed by atoms with van der Waals surface area (Å²) >= 11 is 0. The molecular weight excluding hydrogens is 456 g/mol. The van der Waals surface area contributed by atoms with Crippen molar-refractivity contribution >= 4 is 38.9 Å². The van der Waals surface area contributed by atoms with Crippen molar-refractivity contribution in [2.24, 2.45) is 5.41 Å². The number of rotatable bonds is 8. The summed E-state index contributed by atoms with van der Waals surface area (Å²) in [6, 6.07) is 10.5. The van der Waals surface area contributed by atoms with Gasteiger partial charge in [0.1, 0.15) is 16.9 Å². The Balaban J connectivity index is 1.58. The van der Waals surface area contributed by atoms with Gasteiger partial charge in [0.05, 0.1) is 12.6 Å². The van der Waals surface area contributed by atoms with Gasteiger partial charge in [0.15, 0.2) is 11.5 Å². The first-order valence-corrected chi connectivity index (χ1v) is 10.9. The van der Waals surface area contributed by atoms with Gasteiger partial charge in [-0.05, 0) is 49.2 Å². The fourth-order valence-electron chi connectivity index (χ4n) is 3.20. The van der Waals surface area contributed by atoms with E-state index in [0.29, 0.717) is 40.9 Å². The van der Waals surface area contributed by atoms with Crippen LogP contribution in [0.5, 0.6) is 23.0 Å². The highest BCUT2D eigenvalue weighted by Crippen LogP contribution is 2.47. The van der Waals surface area contributed by atoms with Gasteiger partial charge in [0.25, 0.3) is 0 Å². The smallest absolute Gasteiger partial charge is 0.446 e. The summed E-state index contributed by atoms with van der Waals surface area (Å²) in [4.78, 5) is 27.7. The summed E-state index contributed by atoms with van der Waals surface area (Å²) < 4.78 is 46.9. The van der Waals surface area contributed by atoms with E-state index in [1.807, 2.05) is 0 Å². The number of methoxy groups -OCH3 is 1. The average molecular weight is 474 g/mol. The van der Waals surface area contributed by atoms with E-state index in [2.05, 4.69) is 14.5 Å². The molecule has 0 spiro atoms. The van der Waals surface area contributed by atoms with Gasteiger partial charge in [-0.25, -0.2) is 0 Å². The van der Waals surface area contributed by atoms with Gasteiger partial charge in [0, 0.05) is 23.3 Å². The Labute approximate surface area is 187 Å². The molecule has 0 aliphatic heterocycles. The van der Waals surface area contributed by atoms with E-state index in [0.717, 1.165) is 0 Å². The number of amides is 1. The van der Waals surface area contributed by atoms with Crippen molar-refractivity contribution in [2.45, 2.75) is 12.8 Å². The molecule has 0 unspecified atom stereocenters. The number of ether oxygens (including phenoxy) is 2. The van der Waals surface area contributed by atoms with E-state index >= 15 is 0 Å². The molecule has 1 saturated carbocycles. The SMILES string of the molecule is COc1cc2nccc(Oc3ccc(NC(=O)C4(C(=O)O)CC4)cc3)c2cc1OS(=O)(=O)O. The highest BCUT2D eigenvalue weighted by molar-refractivity contribution is 7.81. The largest absolute Gasteiger partial charge is 0.493 e. The van der Waals surface area contributed by atoms with Crippen LogP contribution in [0.2, 0.25) is 0 Å². The Bertz CT molecular complexity index is 1350. The van der Waals surface area contributed by atoms with E-state index in [1.165, 1.54) is 25.4 Å². The predicted molar refractivity (Wildman–Crippen MR) is 115 cm³/mol. The van der Waals surface area contributed by atoms with Crippen molar-refractivity contribution in [2.75, 3.05) is 12.4 Å². The van der Waals surface area contributed by atoms with Crippen LogP contribution in [0.25, 0.3) is 10.9 Å². The first-order chi connectivity index (χ1) is 15.6. The van der Waals surface area contributed by atoms with Crippen molar-refractivity contribution in [1.29, 1.82) is 0 Å². The van der Waals surface area contributed by atoms with E-state index in [4.69, 9.17) is 14.0 Å². The summed E-state index contributed by atoms with van der Waals surface area (Å²) in [5, 5.41) is 12.2. The number of aliphatic carboxylic acids is 1. The lowest BCUT2D eigenvalue weighted by Gasteiger charge is -2.13. The molecule has 1 fully saturated rings. The van der Waals surface area contributed by atoms with Crippen molar-refractivity contribution in [3.8, 4) is 23.0 Å². The van der Waals surface area contributed by atoms with Crippen LogP contribution in [-0.2, 0) is 20.0 Å². The number of carboxylic acids is 1. The zero-order chi connectivity index (χ0) is 23.8. The van der Waals surface area contributed by atoms with Gasteiger partial charge in [-0.3, -0.25) is 19.1 Å². The fourth-order valence-corrected chi connectivity index (χ4v) is 3.56. The molecule has 1 aromatic heterocycles. The Morgan fingerprint density at radius 2 is 1.76 bits per heavy atom. The normalized spacial score (nSPS) is 14.4. The van der Waals surface area contributed by atoms with Crippen molar-refractivity contribution in [3.05, 3.63) is 48.7 Å². The van der Waals surface area contributed by atoms with Crippen LogP contribution in [0.4, 0.5) is 5.69 Å². The fraction of sp³-hybridized carbons (Fsp3) is 0.190. The molecule has 2 aromatic carbocycles. The number of benzene rings is 2. The average Bonchev–Trinajstić information content (AvgIpc) is 3.56. The second-order valence-corrected chi connectivity index (χ2v) is 8.33. The molecule has 12 heteroatoms. The molecule has 0 radical (unpaired) electrons. The van der Waals surface area contributed by atoms with Crippen molar-refractivity contribution in [3.63, 3.8) is 0 Å². The third kappa shape index (κ3) is 4.66. The Kier molecular flexibility index (Phi) is 5.56. The standard InChI is InChI=1S/C21H18N2O9S/c1-30-17-11-15-14(10-18(17)32-33(27,28)29)16(6-9-22-15)31-13-4-2-12(3-5-13)23-19(24)21(7-8-21)20(25)26/h2-6,9-11H,7-8H2,1H3,(H,23,24)(H,25,26)(H,27,28,29). The zero-order valence-corrected chi connectivity index (χ0v) is 18.0. The third-order valence-electron chi connectivity index (χ3n) is 5.12. The molecule has 3 aromatic rings. The molecule has 0 saturated heterocycles. The predicted octanol–water partition coefficient (Wildman–Crippen LogP) is 3.02. The summed E-state index contributed by atoms with van der Waals surface area (Å²) in [5.41, 5.74) is -0.527. The minimum Gasteiger partial charge on any atom is -0.493 e. The number of nitrogens with one attached hydrogen (secondary N) is 1. The zero-order valence-electron chi connectivity index (χ0n) is 17.1. The molecule has 1 aliphatic rings. The quantitative estimate of drug-likeness (QED) is 0.327. The summed E-state index contributed by atoms with van der Waals surface area (Å²) in [5.74, 6) is -1.23. The van der Waals surface area contributed by atoms with Crippen LogP contribution >= 0.6 is 0 Å². The van der Waals surface area contributed by atoms with Gasteiger partial charge < -0.3 is 24.1 Å². The monoisotopic (exact) mass is 474 g/mol. The molecule has 0 bridgehead atoms. The van der Waals surface area contributed by atoms with Crippen LogP contribution < -0.4 is 19.0 Å². The summed E-state index contributed by atoms with van der Waals surface area (Å²) in [7, 11) is -3.48. The highest BCUT2D eigenvalue weighted by Gasteiger charge is 2.57. The van der Waals surface area contributed by atoms with Gasteiger partial charge in [-0.15, -0.1) is 0 Å². The Morgan fingerprint density at radius 1 is 1.06 bits per heavy atom. The third-order valence-corrected chi connectivity index (χ3v) is 5.51. The number of carbonyl (C=O) groups excluding carboxylic acids is 1. The number of hydrogen-bond donors (Lipinski definition) is 3. The number of anilines is 1. The number of fused-ring (bicyclic) bond motifs is 1. The number of hydrogen-bond acceptors (Lipinski definition) is 8. The van der Waals surface area contributed by atoms with Gasteiger partial charge in [-0.1, -0.05) is 0 Å². The molecule has 1 amide bonds. The van der Waals surface area contributed by atoms with E-state index in [-0.39, 0.29) is 11.5 Å². The lowest BCUT2D eigenvalue weighted by atomic mass is 10.1. The van der Waals surface area contributed by atoms with Gasteiger partial charge in [-0.2, -0.15) is 8.42 Å². The molecular formula is C21H18N2O9S. The van der Waals surface area contributed by atoms with Crippen LogP contribution in [0, 0.1) is 5.41 Å². The van der Waals surface area contributed by atoms with Gasteiger partial charge in [0.2, 0.25) is 5.91 Å². The number of carboxylic acid groups (broad SMARTS) is 1. The topological polar surface area (TPSA) is 161 Å². The minimum absolute atomic E-state index is 0.0414. The van der Waals surface area contributed by atoms with Crippen LogP contribution in [0.1, 0.15) is 12.8 Å². The summed E-state index contributed by atoms with van der Waals surface area (Å²) in [6.45, 7) is 0. The number of nitrogens with zero attached hydrogens (tertiary/aromatic N) is 1. The minimum atomic E-state index is -4.79. The number of carbonyl (C=O) groups is 2. The first kappa shape index (κ1) is 22.3. The lowest BCUT2D eigenvalue weighted by Crippen LogP contribution is -2.31. The maximum absolute atomic E-state index is 12.2. The molecule has 3 N–H and O–H groups in total. The Hall–Kier alpha value is -3.90. The first-order valence-electron chi connectivity index (χ1n) is 9.58. The molecule has 11 nitrogen and oxygen atoms in total. The molecule has 1 aliphatic carbocycles. The van der Waals surface area contributed by atoms with Crippen LogP contribution in [-0.4, -0.2) is 42.0 Å². The lowest BCUT2D eigenvalue weighted by molar-refractivity contribution is -0.147. The second kappa shape index (κ2) is 8.22. The van der Waals surface area contributed by atoms with Crippen molar-refractivity contribution < 1.29 is 41.3 Å². The Morgan fingerprint density at radius 3 is 2.33 bits per heavy atom. The number of aromatic nitrogens is 1. The molecule has 0 atom stereocenters. The number of pyridine rings is 1. The van der Waals surface area contributed by atoms with Gasteiger partial charge >= 0.3 is 16.4 Å². The highest BCUT2D eigenvalue weighted by atomic mass is 32.3. The molecule has 4 rings (SSSR count). The maximum atomic E-state index is 12.2. The van der Waals surface area contributed by atoms with Crippen molar-refractivity contribution in [1.82, 2.24) is 4.98 Å². The van der Waals surface area contributed by atoms with E-state index in [1.54, 1.807) is 30.3 Å². The molecule has 33 heavy (non-hydrogen) atoms. The van der Waals surface area contributed by atoms with Crippen LogP contribution in [0.3, 0.4) is 0 Å².